The molecule has 4 unspecified atom stereocenters. The molecule has 2 fully saturated rings. The molecule has 0 radical (unpaired) electrons. The van der Waals surface area contributed by atoms with E-state index >= 15 is 0 Å². The Morgan fingerprint density at radius 1 is 1.21 bits per heavy atom. The van der Waals surface area contributed by atoms with Crippen LogP contribution in [0, 0.1) is 29.6 Å². The van der Waals surface area contributed by atoms with Gasteiger partial charge in [0.05, 0.1) is 11.8 Å². The molecule has 1 aliphatic heterocycles. The number of fused-ring (bicyclic) bond motifs is 5. The highest BCUT2D eigenvalue weighted by Gasteiger charge is 2.60. The van der Waals surface area contributed by atoms with Crippen molar-refractivity contribution in [2.24, 2.45) is 29.6 Å². The first-order valence-electron chi connectivity index (χ1n) is 7.28. The minimum Gasteiger partial charge on any atom is -0.273 e. The first-order valence-corrected chi connectivity index (χ1v) is 7.28. The van der Waals surface area contributed by atoms with Crippen molar-refractivity contribution in [2.75, 3.05) is 13.6 Å². The van der Waals surface area contributed by atoms with Crippen LogP contribution in [0.5, 0.6) is 0 Å². The molecule has 1 saturated carbocycles. The lowest BCUT2D eigenvalue weighted by Gasteiger charge is -2.28. The maximum absolute atomic E-state index is 12.5. The lowest BCUT2D eigenvalue weighted by molar-refractivity contribution is -0.157. The van der Waals surface area contributed by atoms with Crippen LogP contribution in [-0.4, -0.2) is 35.4 Å². The first-order chi connectivity index (χ1) is 9.00. The van der Waals surface area contributed by atoms with Crippen LogP contribution in [0.15, 0.2) is 12.2 Å². The summed E-state index contributed by atoms with van der Waals surface area (Å²) in [6.07, 6.45) is 6.26. The third-order valence-corrected chi connectivity index (χ3v) is 4.82. The van der Waals surface area contributed by atoms with Crippen LogP contribution in [-0.2, 0) is 9.59 Å². The number of carbonyl (C=O) groups excluding carboxylic acids is 2. The maximum atomic E-state index is 12.5. The van der Waals surface area contributed by atoms with Crippen molar-refractivity contribution in [1.82, 2.24) is 10.0 Å². The van der Waals surface area contributed by atoms with Crippen LogP contribution in [0.4, 0.5) is 0 Å². The number of hydrogen-bond donors (Lipinski definition) is 0. The number of carbonyl (C=O) groups is 2. The van der Waals surface area contributed by atoms with Crippen LogP contribution in [0.3, 0.4) is 0 Å². The van der Waals surface area contributed by atoms with Crippen molar-refractivity contribution in [3.05, 3.63) is 12.2 Å². The zero-order chi connectivity index (χ0) is 13.7. The van der Waals surface area contributed by atoms with Gasteiger partial charge in [0.1, 0.15) is 0 Å². The van der Waals surface area contributed by atoms with Crippen LogP contribution in [0.2, 0.25) is 0 Å². The number of hydrazine groups is 1. The van der Waals surface area contributed by atoms with Crippen molar-refractivity contribution >= 4 is 11.8 Å². The Morgan fingerprint density at radius 2 is 1.74 bits per heavy atom. The van der Waals surface area contributed by atoms with Gasteiger partial charge in [-0.1, -0.05) is 26.0 Å². The molecule has 2 amide bonds. The second-order valence-corrected chi connectivity index (χ2v) is 6.55. The Hall–Kier alpha value is -1.16. The van der Waals surface area contributed by atoms with Gasteiger partial charge < -0.3 is 0 Å². The number of hydrogen-bond acceptors (Lipinski definition) is 3. The average molecular weight is 262 g/mol. The van der Waals surface area contributed by atoms with Gasteiger partial charge >= 0.3 is 0 Å². The van der Waals surface area contributed by atoms with Gasteiger partial charge in [0.25, 0.3) is 0 Å². The monoisotopic (exact) mass is 262 g/mol. The highest BCUT2D eigenvalue weighted by Crippen LogP contribution is 2.52. The van der Waals surface area contributed by atoms with Crippen LogP contribution in [0.1, 0.15) is 26.7 Å². The molecule has 4 nitrogen and oxygen atoms in total. The van der Waals surface area contributed by atoms with Crippen molar-refractivity contribution in [3.8, 4) is 0 Å². The lowest BCUT2D eigenvalue weighted by atomic mass is 9.85. The van der Waals surface area contributed by atoms with Gasteiger partial charge in [-0.3, -0.25) is 9.59 Å². The molecule has 0 N–H and O–H groups in total. The molecule has 4 atom stereocenters. The Kier molecular flexibility index (Phi) is 3.01. The van der Waals surface area contributed by atoms with E-state index < -0.39 is 0 Å². The van der Waals surface area contributed by atoms with E-state index in [1.807, 2.05) is 12.1 Å². The van der Waals surface area contributed by atoms with Crippen molar-refractivity contribution < 1.29 is 9.59 Å². The van der Waals surface area contributed by atoms with Gasteiger partial charge in [-0.15, -0.1) is 0 Å². The van der Waals surface area contributed by atoms with Gasteiger partial charge in [-0.2, -0.15) is 0 Å². The Bertz CT molecular complexity index is 413. The molecule has 0 spiro atoms. The highest BCUT2D eigenvalue weighted by atomic mass is 16.2. The quantitative estimate of drug-likeness (QED) is 0.572. The lowest BCUT2D eigenvalue weighted by Crippen LogP contribution is -2.46. The molecule has 0 aromatic carbocycles. The summed E-state index contributed by atoms with van der Waals surface area (Å²) in [5.41, 5.74) is 0. The Balaban J connectivity index is 1.75. The van der Waals surface area contributed by atoms with E-state index in [-0.39, 0.29) is 23.7 Å². The molecule has 3 aliphatic rings. The van der Waals surface area contributed by atoms with Crippen LogP contribution < -0.4 is 0 Å². The normalized spacial score (nSPS) is 36.2. The molecule has 1 heterocycles. The SMILES string of the molecule is CC(C)CCN(C)N1C(=O)C2C3C=CC(C3)C2C1=O. The zero-order valence-corrected chi connectivity index (χ0v) is 11.9. The zero-order valence-electron chi connectivity index (χ0n) is 11.9. The highest BCUT2D eigenvalue weighted by molar-refractivity contribution is 6.05. The summed E-state index contributed by atoms with van der Waals surface area (Å²) in [5, 5.41) is 3.24. The average Bonchev–Trinajstić information content (AvgIpc) is 3.01. The molecular formula is C15H22N2O2. The van der Waals surface area contributed by atoms with Crippen molar-refractivity contribution in [1.29, 1.82) is 0 Å². The van der Waals surface area contributed by atoms with Gasteiger partial charge in [0.2, 0.25) is 11.8 Å². The fourth-order valence-electron chi connectivity index (χ4n) is 3.77. The molecule has 0 aromatic rings. The summed E-state index contributed by atoms with van der Waals surface area (Å²) in [7, 11) is 1.86. The topological polar surface area (TPSA) is 40.6 Å². The minimum absolute atomic E-state index is 0.0260. The van der Waals surface area contributed by atoms with Crippen molar-refractivity contribution in [2.45, 2.75) is 26.7 Å². The standard InChI is InChI=1S/C15H22N2O2/c1-9(2)6-7-16(3)17-14(18)12-10-4-5-11(8-10)13(12)15(17)19/h4-5,9-13H,6-8H2,1-3H3. The van der Waals surface area contributed by atoms with Gasteiger partial charge in [-0.05, 0) is 30.6 Å². The van der Waals surface area contributed by atoms with E-state index in [0.29, 0.717) is 17.8 Å². The fraction of sp³-hybridized carbons (Fsp3) is 0.733. The molecular weight excluding hydrogens is 240 g/mol. The van der Waals surface area contributed by atoms with E-state index in [9.17, 15) is 9.59 Å². The number of imide groups is 1. The predicted octanol–water partition coefficient (Wildman–Crippen LogP) is 1.69. The molecule has 2 bridgehead atoms. The van der Waals surface area contributed by atoms with E-state index in [1.54, 1.807) is 0 Å². The number of amides is 2. The summed E-state index contributed by atoms with van der Waals surface area (Å²) in [6, 6.07) is 0. The molecule has 19 heavy (non-hydrogen) atoms. The number of rotatable bonds is 4. The summed E-state index contributed by atoms with van der Waals surface area (Å²) in [4.78, 5) is 25.0. The third kappa shape index (κ3) is 1.84. The minimum atomic E-state index is -0.0796. The summed E-state index contributed by atoms with van der Waals surface area (Å²) in [6.45, 7) is 5.07. The second-order valence-electron chi connectivity index (χ2n) is 6.55. The van der Waals surface area contributed by atoms with Gasteiger partial charge in [-0.25, -0.2) is 10.0 Å². The van der Waals surface area contributed by atoms with Gasteiger partial charge in [0, 0.05) is 13.6 Å². The van der Waals surface area contributed by atoms with Crippen molar-refractivity contribution in [3.63, 3.8) is 0 Å². The van der Waals surface area contributed by atoms with E-state index in [4.69, 9.17) is 0 Å². The Labute approximate surface area is 114 Å². The molecule has 0 aromatic heterocycles. The van der Waals surface area contributed by atoms with E-state index in [1.165, 1.54) is 5.01 Å². The van der Waals surface area contributed by atoms with Crippen LogP contribution in [0.25, 0.3) is 0 Å². The largest absolute Gasteiger partial charge is 0.273 e. The summed E-state index contributed by atoms with van der Waals surface area (Å²) >= 11 is 0. The molecule has 4 heteroatoms. The second kappa shape index (κ2) is 4.44. The van der Waals surface area contributed by atoms with Gasteiger partial charge in [0.15, 0.2) is 0 Å². The Morgan fingerprint density at radius 3 is 2.21 bits per heavy atom. The fourth-order valence-corrected chi connectivity index (χ4v) is 3.77. The predicted molar refractivity (Wildman–Crippen MR) is 71.7 cm³/mol. The van der Waals surface area contributed by atoms with E-state index in [2.05, 4.69) is 26.0 Å². The maximum Gasteiger partial charge on any atom is 0.248 e. The smallest absolute Gasteiger partial charge is 0.248 e. The molecule has 2 aliphatic carbocycles. The number of allylic oxidation sites excluding steroid dienone is 2. The molecule has 1 saturated heterocycles. The summed E-state index contributed by atoms with van der Waals surface area (Å²) in [5.74, 6) is 1.07. The number of nitrogens with zero attached hydrogens (tertiary/aromatic N) is 2. The molecule has 104 valence electrons. The van der Waals surface area contributed by atoms with Crippen LogP contribution >= 0.6 is 0 Å². The van der Waals surface area contributed by atoms with E-state index in [0.717, 1.165) is 19.4 Å². The molecule has 3 rings (SSSR count). The first kappa shape index (κ1) is 12.9. The third-order valence-electron chi connectivity index (χ3n) is 4.82. The summed E-state index contributed by atoms with van der Waals surface area (Å²) < 4.78 is 0.